The van der Waals surface area contributed by atoms with Crippen molar-refractivity contribution in [1.29, 1.82) is 0 Å². The molecular formula is C30H54N2O14. The average molecular weight is 667 g/mol. The number of hydrogen-bond acceptors (Lipinski definition) is 14. The molecule has 0 saturated carbocycles. The Balaban J connectivity index is 1.52. The zero-order valence-electron chi connectivity index (χ0n) is 26.7. The van der Waals surface area contributed by atoms with Gasteiger partial charge in [-0.05, 0) is 51.9 Å². The maximum atomic E-state index is 12.4. The number of ketones is 1. The highest BCUT2D eigenvalue weighted by atomic mass is 16.7. The molecule has 268 valence electrons. The summed E-state index contributed by atoms with van der Waals surface area (Å²) in [6.07, 6.45) is -6.58. The quantitative estimate of drug-likeness (QED) is 0.0579. The Labute approximate surface area is 269 Å². The molecule has 10 unspecified atom stereocenters. The summed E-state index contributed by atoms with van der Waals surface area (Å²) in [5.41, 5.74) is 0. The van der Waals surface area contributed by atoms with Crippen LogP contribution < -0.4 is 10.6 Å². The van der Waals surface area contributed by atoms with Gasteiger partial charge >= 0.3 is 0 Å². The van der Waals surface area contributed by atoms with Crippen LogP contribution in [0.1, 0.15) is 71.6 Å². The number of aliphatic hydroxyl groups excluding tert-OH is 7. The largest absolute Gasteiger partial charge is 0.394 e. The van der Waals surface area contributed by atoms with Crippen molar-refractivity contribution >= 4 is 17.6 Å². The highest BCUT2D eigenvalue weighted by Crippen LogP contribution is 2.27. The predicted molar refractivity (Wildman–Crippen MR) is 160 cm³/mol. The molecule has 2 saturated heterocycles. The van der Waals surface area contributed by atoms with E-state index in [1.165, 1.54) is 6.92 Å². The number of amides is 2. The number of unbranched alkanes of at least 4 members (excludes halogenated alkanes) is 3. The Kier molecular flexibility index (Phi) is 18.6. The van der Waals surface area contributed by atoms with E-state index >= 15 is 0 Å². The SMILES string of the molecule is CC(=O)[C@@H](CCCCNC(=O)CCCCOC1OC(CO)C(O)C(O)C1O)NC(=O)CCCCOC1OC(CO)C(O)C(O)C1C. The van der Waals surface area contributed by atoms with Crippen LogP contribution in [-0.4, -0.2) is 148 Å². The Morgan fingerprint density at radius 2 is 1.24 bits per heavy atom. The van der Waals surface area contributed by atoms with E-state index in [0.717, 1.165) is 0 Å². The predicted octanol–water partition coefficient (Wildman–Crippen LogP) is -2.40. The maximum absolute atomic E-state index is 12.4. The maximum Gasteiger partial charge on any atom is 0.220 e. The summed E-state index contributed by atoms with van der Waals surface area (Å²) in [5.74, 6) is -1.06. The summed E-state index contributed by atoms with van der Waals surface area (Å²) >= 11 is 0. The number of nitrogens with one attached hydrogen (secondary N) is 2. The molecule has 0 aromatic heterocycles. The van der Waals surface area contributed by atoms with Gasteiger partial charge in [-0.25, -0.2) is 0 Å². The van der Waals surface area contributed by atoms with Crippen LogP contribution in [0, 0.1) is 5.92 Å². The summed E-state index contributed by atoms with van der Waals surface area (Å²) in [7, 11) is 0. The minimum absolute atomic E-state index is 0.138. The van der Waals surface area contributed by atoms with E-state index in [2.05, 4.69) is 10.6 Å². The summed E-state index contributed by atoms with van der Waals surface area (Å²) in [4.78, 5) is 36.6. The van der Waals surface area contributed by atoms with Gasteiger partial charge in [0.25, 0.3) is 0 Å². The smallest absolute Gasteiger partial charge is 0.220 e. The second-order valence-electron chi connectivity index (χ2n) is 12.0. The number of aliphatic hydroxyl groups is 7. The number of carbonyl (C=O) groups excluding carboxylic acids is 3. The van der Waals surface area contributed by atoms with Crippen molar-refractivity contribution in [3.8, 4) is 0 Å². The first-order valence-corrected chi connectivity index (χ1v) is 16.1. The van der Waals surface area contributed by atoms with Gasteiger partial charge in [-0.2, -0.15) is 0 Å². The summed E-state index contributed by atoms with van der Waals surface area (Å²) in [6.45, 7) is 2.90. The standard InChI is InChI=1S/C30H54N2O14/c1-17-24(38)25(39)20(15-33)45-29(17)43-13-8-5-11-23(37)32-19(18(2)35)9-3-6-12-31-22(36)10-4-7-14-44-30-28(42)27(41)26(40)21(16-34)46-30/h17,19-21,24-30,33-34,38-42H,3-16H2,1-2H3,(H,31,36)(H,32,37)/t17?,19-,20?,21?,24?,25?,26?,27?,28?,29?,30?/m1/s1. The first-order chi connectivity index (χ1) is 21.9. The van der Waals surface area contributed by atoms with Gasteiger partial charge in [0.15, 0.2) is 18.4 Å². The molecule has 0 spiro atoms. The molecule has 2 rings (SSSR count). The molecule has 16 nitrogen and oxygen atoms in total. The second-order valence-corrected chi connectivity index (χ2v) is 12.0. The fourth-order valence-electron chi connectivity index (χ4n) is 5.22. The number of Topliss-reactive ketones (excluding diaryl/α,β-unsaturated/α-hetero) is 1. The fraction of sp³-hybridized carbons (Fsp3) is 0.900. The Bertz CT molecular complexity index is 909. The highest BCUT2D eigenvalue weighted by molar-refractivity contribution is 5.87. The van der Waals surface area contributed by atoms with E-state index in [1.807, 2.05) is 0 Å². The van der Waals surface area contributed by atoms with Crippen LogP contribution in [0.5, 0.6) is 0 Å². The van der Waals surface area contributed by atoms with E-state index in [0.29, 0.717) is 51.5 Å². The second kappa shape index (κ2) is 21.2. The molecule has 2 heterocycles. The summed E-state index contributed by atoms with van der Waals surface area (Å²) < 4.78 is 21.8. The van der Waals surface area contributed by atoms with E-state index in [-0.39, 0.29) is 43.7 Å². The van der Waals surface area contributed by atoms with Crippen LogP contribution in [0.25, 0.3) is 0 Å². The molecule has 0 aromatic carbocycles. The summed E-state index contributed by atoms with van der Waals surface area (Å²) in [6, 6.07) is -0.622. The molecule has 2 aliphatic heterocycles. The van der Waals surface area contributed by atoms with Crippen molar-refractivity contribution in [3.63, 3.8) is 0 Å². The number of hydrogen-bond donors (Lipinski definition) is 9. The van der Waals surface area contributed by atoms with Gasteiger partial charge in [-0.1, -0.05) is 6.92 Å². The van der Waals surface area contributed by atoms with Gasteiger partial charge in [0.05, 0.1) is 25.4 Å². The van der Waals surface area contributed by atoms with Crippen LogP contribution in [0.2, 0.25) is 0 Å². The van der Waals surface area contributed by atoms with Gasteiger partial charge in [-0.3, -0.25) is 14.4 Å². The van der Waals surface area contributed by atoms with Crippen molar-refractivity contribution in [2.24, 2.45) is 5.92 Å². The molecule has 2 fully saturated rings. The van der Waals surface area contributed by atoms with Crippen LogP contribution in [0.3, 0.4) is 0 Å². The number of carbonyl (C=O) groups is 3. The monoisotopic (exact) mass is 666 g/mol. The first kappa shape index (κ1) is 40.3. The van der Waals surface area contributed by atoms with Crippen molar-refractivity contribution < 1.29 is 69.1 Å². The van der Waals surface area contributed by atoms with Crippen LogP contribution in [-0.2, 0) is 33.3 Å². The van der Waals surface area contributed by atoms with Crippen LogP contribution in [0.15, 0.2) is 0 Å². The van der Waals surface area contributed by atoms with Crippen molar-refractivity contribution in [1.82, 2.24) is 10.6 Å². The molecule has 46 heavy (non-hydrogen) atoms. The van der Waals surface area contributed by atoms with E-state index < -0.39 is 80.5 Å². The van der Waals surface area contributed by atoms with E-state index in [1.54, 1.807) is 6.92 Å². The summed E-state index contributed by atoms with van der Waals surface area (Å²) in [5, 5.41) is 73.7. The molecule has 11 atom stereocenters. The average Bonchev–Trinajstić information content (AvgIpc) is 3.03. The van der Waals surface area contributed by atoms with Crippen LogP contribution in [0.4, 0.5) is 0 Å². The Morgan fingerprint density at radius 1 is 0.696 bits per heavy atom. The van der Waals surface area contributed by atoms with Gasteiger partial charge in [0, 0.05) is 38.5 Å². The lowest BCUT2D eigenvalue weighted by molar-refractivity contribution is -0.301. The molecule has 0 bridgehead atoms. The molecular weight excluding hydrogens is 612 g/mol. The van der Waals surface area contributed by atoms with Crippen molar-refractivity contribution in [2.45, 2.75) is 133 Å². The molecule has 0 aromatic rings. The number of rotatable bonds is 21. The van der Waals surface area contributed by atoms with Crippen LogP contribution >= 0.6 is 0 Å². The lowest BCUT2D eigenvalue weighted by atomic mass is 9.92. The van der Waals surface area contributed by atoms with Gasteiger partial charge in [0.2, 0.25) is 11.8 Å². The lowest BCUT2D eigenvalue weighted by Gasteiger charge is -2.40. The Morgan fingerprint density at radius 3 is 1.83 bits per heavy atom. The van der Waals surface area contributed by atoms with Gasteiger partial charge in [-0.15, -0.1) is 0 Å². The zero-order valence-corrected chi connectivity index (χ0v) is 26.7. The number of ether oxygens (including phenoxy) is 4. The first-order valence-electron chi connectivity index (χ1n) is 16.1. The van der Waals surface area contributed by atoms with Crippen molar-refractivity contribution in [2.75, 3.05) is 33.0 Å². The van der Waals surface area contributed by atoms with Gasteiger partial charge in [0.1, 0.15) is 36.6 Å². The molecule has 0 radical (unpaired) electrons. The molecule has 16 heteroatoms. The Hall–Kier alpha value is -1.83. The van der Waals surface area contributed by atoms with E-state index in [4.69, 9.17) is 18.9 Å². The normalized spacial score (nSPS) is 32.1. The topological polar surface area (TPSA) is 254 Å². The lowest BCUT2D eigenvalue weighted by Crippen LogP contribution is -2.59. The third-order valence-electron chi connectivity index (χ3n) is 8.26. The van der Waals surface area contributed by atoms with Gasteiger partial charge < -0.3 is 65.3 Å². The molecule has 0 aliphatic carbocycles. The zero-order chi connectivity index (χ0) is 34.2. The molecule has 2 aliphatic rings. The molecule has 2 amide bonds. The third kappa shape index (κ3) is 13.0. The third-order valence-corrected chi connectivity index (χ3v) is 8.26. The highest BCUT2D eigenvalue weighted by Gasteiger charge is 2.44. The minimum atomic E-state index is -1.51. The fourth-order valence-corrected chi connectivity index (χ4v) is 5.22. The molecule has 9 N–H and O–H groups in total. The van der Waals surface area contributed by atoms with Crippen molar-refractivity contribution in [3.05, 3.63) is 0 Å². The van der Waals surface area contributed by atoms with E-state index in [9.17, 15) is 50.1 Å². The minimum Gasteiger partial charge on any atom is -0.394 e.